The summed E-state index contributed by atoms with van der Waals surface area (Å²) in [6.07, 6.45) is 0. The topological polar surface area (TPSA) is 72.6 Å². The normalized spacial score (nSPS) is 14.4. The molecule has 0 bridgehead atoms. The van der Waals surface area contributed by atoms with Gasteiger partial charge in [-0.05, 0) is 35.2 Å². The Balaban J connectivity index is 2.84. The second-order valence-electron chi connectivity index (χ2n) is 2.29. The molecule has 1 aromatic carbocycles. The number of halogens is 1. The van der Waals surface area contributed by atoms with Crippen molar-refractivity contribution in [1.29, 1.82) is 0 Å². The largest absolute Gasteiger partial charge is 0.433 e. The maximum Gasteiger partial charge on any atom is 0.330 e. The number of non-ortho nitro benzene ring substituents is 1. The number of nitro benzene ring substituents is 1. The molecule has 0 aliphatic carbocycles. The zero-order valence-corrected chi connectivity index (χ0v) is 9.13. The van der Waals surface area contributed by atoms with Gasteiger partial charge in [-0.15, -0.1) is 0 Å². The molecular weight excluding hydrogens is 249 g/mol. The summed E-state index contributed by atoms with van der Waals surface area (Å²) >= 11 is 9.72. The van der Waals surface area contributed by atoms with Crippen LogP contribution in [0.25, 0.3) is 0 Å². The first-order valence-electron chi connectivity index (χ1n) is 3.35. The average molecular weight is 254 g/mol. The van der Waals surface area contributed by atoms with Crippen molar-refractivity contribution in [2.75, 3.05) is 0 Å². The van der Waals surface area contributed by atoms with Crippen molar-refractivity contribution in [3.63, 3.8) is 0 Å². The van der Waals surface area contributed by atoms with Gasteiger partial charge in [0.15, 0.2) is 0 Å². The monoisotopic (exact) mass is 253 g/mol. The van der Waals surface area contributed by atoms with Crippen LogP contribution in [0.4, 0.5) is 5.69 Å². The van der Waals surface area contributed by atoms with E-state index >= 15 is 0 Å². The van der Waals surface area contributed by atoms with Crippen molar-refractivity contribution in [2.45, 2.75) is 0 Å². The quantitative estimate of drug-likeness (QED) is 0.509. The standard InChI is InChI=1S/C6H5ClNO4PS/c7-13(11,14)12-6-3-1-5(2-4-6)8(9)10/h1-4H,(H,11,14). The molecule has 1 unspecified atom stereocenters. The number of nitrogens with zero attached hydrogens (tertiary/aromatic N) is 1. The van der Waals surface area contributed by atoms with E-state index in [1.165, 1.54) is 24.3 Å². The van der Waals surface area contributed by atoms with Gasteiger partial charge in [-0.1, -0.05) is 0 Å². The Morgan fingerprint density at radius 1 is 1.50 bits per heavy atom. The van der Waals surface area contributed by atoms with Crippen LogP contribution in [0.2, 0.25) is 0 Å². The maximum absolute atomic E-state index is 10.3. The Kier molecular flexibility index (Phi) is 3.44. The minimum absolute atomic E-state index is 0.0711. The molecule has 0 spiro atoms. The van der Waals surface area contributed by atoms with Gasteiger partial charge >= 0.3 is 5.84 Å². The van der Waals surface area contributed by atoms with Crippen LogP contribution in [0.15, 0.2) is 24.3 Å². The van der Waals surface area contributed by atoms with Crippen LogP contribution in [0.5, 0.6) is 5.75 Å². The summed E-state index contributed by atoms with van der Waals surface area (Å²) in [6.45, 7) is 0. The van der Waals surface area contributed by atoms with E-state index in [0.717, 1.165) is 0 Å². The van der Waals surface area contributed by atoms with E-state index in [4.69, 9.17) is 20.7 Å². The van der Waals surface area contributed by atoms with Crippen molar-refractivity contribution >= 4 is 34.6 Å². The van der Waals surface area contributed by atoms with Gasteiger partial charge in [0.2, 0.25) is 0 Å². The molecule has 1 atom stereocenters. The van der Waals surface area contributed by atoms with Crippen LogP contribution >= 0.6 is 17.1 Å². The molecule has 0 radical (unpaired) electrons. The van der Waals surface area contributed by atoms with E-state index < -0.39 is 10.8 Å². The minimum atomic E-state index is -3.29. The molecule has 1 aromatic rings. The molecule has 8 heteroatoms. The Morgan fingerprint density at radius 2 is 2.00 bits per heavy atom. The first-order chi connectivity index (χ1) is 6.38. The maximum atomic E-state index is 10.3. The summed E-state index contributed by atoms with van der Waals surface area (Å²) in [5.41, 5.74) is -0.0711. The molecule has 0 saturated carbocycles. The van der Waals surface area contributed by atoms with Gasteiger partial charge in [-0.3, -0.25) is 10.1 Å². The molecule has 76 valence electrons. The SMILES string of the molecule is O=[N+]([O-])c1ccc(OP(O)(=S)Cl)cc1. The van der Waals surface area contributed by atoms with Crippen molar-refractivity contribution in [3.8, 4) is 5.75 Å². The highest BCUT2D eigenvalue weighted by atomic mass is 35.7. The number of hydrogen-bond donors (Lipinski definition) is 1. The third-order valence-corrected chi connectivity index (χ3v) is 2.13. The van der Waals surface area contributed by atoms with Crippen molar-refractivity contribution in [1.82, 2.24) is 0 Å². The molecule has 5 nitrogen and oxygen atoms in total. The molecule has 14 heavy (non-hydrogen) atoms. The zero-order chi connectivity index (χ0) is 10.8. The molecule has 0 saturated heterocycles. The summed E-state index contributed by atoms with van der Waals surface area (Å²) in [6, 6.07) is 5.10. The Hall–Kier alpha value is -0.680. The minimum Gasteiger partial charge on any atom is -0.433 e. The third kappa shape index (κ3) is 3.59. The molecule has 0 fully saturated rings. The predicted molar refractivity (Wildman–Crippen MR) is 56.1 cm³/mol. The molecule has 0 aliphatic heterocycles. The fourth-order valence-electron chi connectivity index (χ4n) is 0.759. The lowest BCUT2D eigenvalue weighted by Crippen LogP contribution is -1.88. The van der Waals surface area contributed by atoms with Gasteiger partial charge in [0.1, 0.15) is 5.75 Å². The summed E-state index contributed by atoms with van der Waals surface area (Å²) in [5, 5.41) is 10.3. The zero-order valence-electron chi connectivity index (χ0n) is 6.66. The second kappa shape index (κ2) is 4.23. The van der Waals surface area contributed by atoms with E-state index in [9.17, 15) is 10.1 Å². The van der Waals surface area contributed by atoms with E-state index in [2.05, 4.69) is 11.8 Å². The van der Waals surface area contributed by atoms with Gasteiger partial charge in [0.05, 0.1) is 4.92 Å². The van der Waals surface area contributed by atoms with Gasteiger partial charge in [0, 0.05) is 12.1 Å². The van der Waals surface area contributed by atoms with Crippen LogP contribution < -0.4 is 4.52 Å². The van der Waals surface area contributed by atoms with Crippen molar-refractivity contribution in [3.05, 3.63) is 34.4 Å². The lowest BCUT2D eigenvalue weighted by atomic mass is 10.3. The second-order valence-corrected chi connectivity index (χ2v) is 6.84. The van der Waals surface area contributed by atoms with Crippen LogP contribution in [0, 0.1) is 10.1 Å². The van der Waals surface area contributed by atoms with Gasteiger partial charge in [-0.2, -0.15) is 0 Å². The van der Waals surface area contributed by atoms with Crippen molar-refractivity contribution < 1.29 is 14.3 Å². The summed E-state index contributed by atoms with van der Waals surface area (Å²) in [7, 11) is 0. The van der Waals surface area contributed by atoms with Gasteiger partial charge < -0.3 is 9.42 Å². The van der Waals surface area contributed by atoms with Crippen LogP contribution in [0.1, 0.15) is 0 Å². The third-order valence-electron chi connectivity index (χ3n) is 1.27. The first kappa shape index (κ1) is 11.4. The highest BCUT2D eigenvalue weighted by Crippen LogP contribution is 2.48. The van der Waals surface area contributed by atoms with E-state index in [0.29, 0.717) is 0 Å². The fourth-order valence-corrected chi connectivity index (χ4v) is 1.64. The molecular formula is C6H5ClNO4PS. The lowest BCUT2D eigenvalue weighted by Gasteiger charge is -2.08. The van der Waals surface area contributed by atoms with E-state index in [1.807, 2.05) is 0 Å². The highest BCUT2D eigenvalue weighted by Gasteiger charge is 2.11. The Morgan fingerprint density at radius 3 is 2.36 bits per heavy atom. The van der Waals surface area contributed by atoms with Crippen molar-refractivity contribution in [2.24, 2.45) is 0 Å². The molecule has 0 amide bonds. The number of rotatable bonds is 3. The predicted octanol–water partition coefficient (Wildman–Crippen LogP) is 2.43. The molecule has 1 N–H and O–H groups in total. The Labute approximate surface area is 89.4 Å². The average Bonchev–Trinajstić information content (AvgIpc) is 2.02. The highest BCUT2D eigenvalue weighted by molar-refractivity contribution is 8.22. The molecule has 0 aromatic heterocycles. The lowest BCUT2D eigenvalue weighted by molar-refractivity contribution is -0.384. The summed E-state index contributed by atoms with van der Waals surface area (Å²) < 4.78 is 4.76. The van der Waals surface area contributed by atoms with Crippen LogP contribution in [-0.4, -0.2) is 9.82 Å². The van der Waals surface area contributed by atoms with E-state index in [-0.39, 0.29) is 11.4 Å². The Bertz CT molecular complexity index is 389. The van der Waals surface area contributed by atoms with E-state index in [1.54, 1.807) is 0 Å². The van der Waals surface area contributed by atoms with Gasteiger partial charge in [0.25, 0.3) is 5.69 Å². The first-order valence-corrected chi connectivity index (χ1v) is 6.93. The number of hydrogen-bond acceptors (Lipinski definition) is 4. The van der Waals surface area contributed by atoms with Crippen LogP contribution in [-0.2, 0) is 11.8 Å². The fraction of sp³-hybridized carbons (Fsp3) is 0. The summed E-state index contributed by atoms with van der Waals surface area (Å²) in [4.78, 5) is 18.7. The molecule has 0 heterocycles. The summed E-state index contributed by atoms with van der Waals surface area (Å²) in [5.74, 6) is -3.09. The number of benzene rings is 1. The smallest absolute Gasteiger partial charge is 0.330 e. The molecule has 1 rings (SSSR count). The van der Waals surface area contributed by atoms with Gasteiger partial charge in [-0.25, -0.2) is 0 Å². The molecule has 0 aliphatic rings. The number of nitro groups is 1. The van der Waals surface area contributed by atoms with Crippen LogP contribution in [0.3, 0.4) is 0 Å².